The molecular weight excluding hydrogens is 290 g/mol. The molecule has 0 unspecified atom stereocenters. The zero-order valence-electron chi connectivity index (χ0n) is 12.9. The van der Waals surface area contributed by atoms with Crippen molar-refractivity contribution in [3.05, 3.63) is 17.6 Å². The van der Waals surface area contributed by atoms with E-state index in [2.05, 4.69) is 36.0 Å². The minimum absolute atomic E-state index is 0. The maximum atomic E-state index is 6.22. The molecule has 0 aromatic carbocycles. The second-order valence-electron chi connectivity index (χ2n) is 6.72. The fourth-order valence-electron chi connectivity index (χ4n) is 2.34. The molecule has 6 nitrogen and oxygen atoms in total. The van der Waals surface area contributed by atoms with Crippen molar-refractivity contribution in [2.24, 2.45) is 12.8 Å². The molecule has 0 atom stereocenters. The third kappa shape index (κ3) is 2.70. The number of hydrogen-bond donors (Lipinski definition) is 1. The summed E-state index contributed by atoms with van der Waals surface area (Å²) in [5.41, 5.74) is 7.64. The highest BCUT2D eigenvalue weighted by atomic mass is 35.5. The van der Waals surface area contributed by atoms with E-state index < -0.39 is 5.54 Å². The van der Waals surface area contributed by atoms with Gasteiger partial charge in [-0.3, -0.25) is 4.68 Å². The minimum atomic E-state index is -0.396. The minimum Gasteiger partial charge on any atom is -0.332 e. The van der Waals surface area contributed by atoms with E-state index in [0.29, 0.717) is 11.7 Å². The average molecular weight is 312 g/mol. The van der Waals surface area contributed by atoms with Crippen molar-refractivity contribution in [3.63, 3.8) is 0 Å². The van der Waals surface area contributed by atoms with Gasteiger partial charge in [0.2, 0.25) is 0 Å². The molecule has 1 aliphatic carbocycles. The predicted octanol–water partition coefficient (Wildman–Crippen LogP) is 2.53. The maximum Gasteiger partial charge on any atom is 0.276 e. The predicted molar refractivity (Wildman–Crippen MR) is 82.2 cm³/mol. The van der Waals surface area contributed by atoms with Crippen molar-refractivity contribution in [2.75, 3.05) is 0 Å². The van der Waals surface area contributed by atoms with Crippen molar-refractivity contribution in [2.45, 2.75) is 51.0 Å². The highest BCUT2D eigenvalue weighted by molar-refractivity contribution is 5.85. The molecular formula is C14H22ClN5O. The van der Waals surface area contributed by atoms with Gasteiger partial charge in [0.05, 0.1) is 11.2 Å². The molecule has 2 heterocycles. The lowest BCUT2D eigenvalue weighted by Crippen LogP contribution is -2.44. The van der Waals surface area contributed by atoms with Crippen LogP contribution in [0.15, 0.2) is 10.6 Å². The van der Waals surface area contributed by atoms with Gasteiger partial charge in [0.1, 0.15) is 5.69 Å². The van der Waals surface area contributed by atoms with Crippen molar-refractivity contribution in [1.82, 2.24) is 19.9 Å². The summed E-state index contributed by atoms with van der Waals surface area (Å²) in [7, 11) is 1.88. The SMILES string of the molecule is Cl.Cn1nc(C(C)(C)C)cc1-c1nc(C2(N)CCC2)no1. The van der Waals surface area contributed by atoms with Crippen LogP contribution in [0.3, 0.4) is 0 Å². The Bertz CT molecular complexity index is 636. The van der Waals surface area contributed by atoms with Crippen LogP contribution in [0.25, 0.3) is 11.6 Å². The molecule has 0 aliphatic heterocycles. The molecule has 2 aromatic rings. The molecule has 3 rings (SSSR count). The number of nitrogens with zero attached hydrogens (tertiary/aromatic N) is 4. The third-order valence-electron chi connectivity index (χ3n) is 3.98. The van der Waals surface area contributed by atoms with Crippen LogP contribution in [0.2, 0.25) is 0 Å². The number of hydrogen-bond acceptors (Lipinski definition) is 5. The zero-order chi connectivity index (χ0) is 14.5. The lowest BCUT2D eigenvalue weighted by atomic mass is 9.77. The molecule has 2 aromatic heterocycles. The Hall–Kier alpha value is -1.40. The molecule has 21 heavy (non-hydrogen) atoms. The molecule has 0 saturated heterocycles. The molecule has 1 fully saturated rings. The van der Waals surface area contributed by atoms with Crippen molar-refractivity contribution < 1.29 is 4.52 Å². The summed E-state index contributed by atoms with van der Waals surface area (Å²) in [6, 6.07) is 2.00. The number of aryl methyl sites for hydroxylation is 1. The number of rotatable bonds is 2. The Morgan fingerprint density at radius 3 is 2.48 bits per heavy atom. The fraction of sp³-hybridized carbons (Fsp3) is 0.643. The molecule has 2 N–H and O–H groups in total. The Balaban J connectivity index is 0.00000161. The molecule has 1 aliphatic rings. The van der Waals surface area contributed by atoms with Gasteiger partial charge in [-0.2, -0.15) is 10.1 Å². The van der Waals surface area contributed by atoms with Gasteiger partial charge in [0.25, 0.3) is 5.89 Å². The van der Waals surface area contributed by atoms with E-state index in [9.17, 15) is 0 Å². The second-order valence-corrected chi connectivity index (χ2v) is 6.72. The van der Waals surface area contributed by atoms with Gasteiger partial charge in [-0.1, -0.05) is 25.9 Å². The van der Waals surface area contributed by atoms with Gasteiger partial charge in [-0.15, -0.1) is 12.4 Å². The largest absolute Gasteiger partial charge is 0.332 e. The first-order valence-corrected chi connectivity index (χ1v) is 6.98. The van der Waals surface area contributed by atoms with Crippen LogP contribution in [0.1, 0.15) is 51.6 Å². The summed E-state index contributed by atoms with van der Waals surface area (Å²) in [4.78, 5) is 4.47. The third-order valence-corrected chi connectivity index (χ3v) is 3.98. The van der Waals surface area contributed by atoms with Gasteiger partial charge in [0.15, 0.2) is 5.82 Å². The van der Waals surface area contributed by atoms with Gasteiger partial charge in [-0.25, -0.2) is 0 Å². The molecule has 7 heteroatoms. The van der Waals surface area contributed by atoms with Gasteiger partial charge >= 0.3 is 0 Å². The molecule has 116 valence electrons. The summed E-state index contributed by atoms with van der Waals surface area (Å²) in [6.07, 6.45) is 2.97. The van der Waals surface area contributed by atoms with E-state index >= 15 is 0 Å². The molecule has 0 radical (unpaired) electrons. The standard InChI is InChI=1S/C14H21N5O.ClH/c1-13(2,3)10-8-9(19(4)17-10)11-16-12(18-20-11)14(15)6-5-7-14;/h8H,5-7,15H2,1-4H3;1H. The summed E-state index contributed by atoms with van der Waals surface area (Å²) >= 11 is 0. The first-order valence-electron chi connectivity index (χ1n) is 6.98. The first kappa shape index (κ1) is 16.0. The van der Waals surface area contributed by atoms with Gasteiger partial charge in [-0.05, 0) is 25.3 Å². The normalized spacial score (nSPS) is 17.2. The Labute approximate surface area is 130 Å². The van der Waals surface area contributed by atoms with Crippen LogP contribution in [0, 0.1) is 0 Å². The van der Waals surface area contributed by atoms with E-state index in [-0.39, 0.29) is 17.8 Å². The van der Waals surface area contributed by atoms with Crippen molar-refractivity contribution in [3.8, 4) is 11.6 Å². The maximum absolute atomic E-state index is 6.22. The Kier molecular flexibility index (Phi) is 3.88. The van der Waals surface area contributed by atoms with E-state index in [1.54, 1.807) is 4.68 Å². The van der Waals surface area contributed by atoms with Crippen LogP contribution in [0.4, 0.5) is 0 Å². The van der Waals surface area contributed by atoms with Crippen LogP contribution < -0.4 is 5.73 Å². The molecule has 0 bridgehead atoms. The van der Waals surface area contributed by atoms with E-state index in [0.717, 1.165) is 30.7 Å². The average Bonchev–Trinajstić information content (AvgIpc) is 2.91. The Morgan fingerprint density at radius 1 is 1.33 bits per heavy atom. The van der Waals surface area contributed by atoms with Crippen molar-refractivity contribution >= 4 is 12.4 Å². The number of aromatic nitrogens is 4. The lowest BCUT2D eigenvalue weighted by molar-refractivity contribution is 0.229. The summed E-state index contributed by atoms with van der Waals surface area (Å²) in [5.74, 6) is 1.10. The second kappa shape index (κ2) is 5.10. The number of halogens is 1. The highest BCUT2D eigenvalue weighted by Crippen LogP contribution is 2.37. The van der Waals surface area contributed by atoms with E-state index in [4.69, 9.17) is 10.3 Å². The van der Waals surface area contributed by atoms with Crippen LogP contribution in [-0.4, -0.2) is 19.9 Å². The Morgan fingerprint density at radius 2 is 2.00 bits per heavy atom. The quantitative estimate of drug-likeness (QED) is 0.921. The van der Waals surface area contributed by atoms with Crippen LogP contribution in [-0.2, 0) is 18.0 Å². The zero-order valence-corrected chi connectivity index (χ0v) is 13.7. The summed E-state index contributed by atoms with van der Waals surface area (Å²) in [5, 5.41) is 8.57. The topological polar surface area (TPSA) is 82.8 Å². The van der Waals surface area contributed by atoms with Gasteiger partial charge < -0.3 is 10.3 Å². The fourth-order valence-corrected chi connectivity index (χ4v) is 2.34. The van der Waals surface area contributed by atoms with Crippen molar-refractivity contribution in [1.29, 1.82) is 0 Å². The van der Waals surface area contributed by atoms with Crippen LogP contribution in [0.5, 0.6) is 0 Å². The summed E-state index contributed by atoms with van der Waals surface area (Å²) in [6.45, 7) is 6.38. The monoisotopic (exact) mass is 311 g/mol. The van der Waals surface area contributed by atoms with E-state index in [1.165, 1.54) is 0 Å². The van der Waals surface area contributed by atoms with Crippen LogP contribution >= 0.6 is 12.4 Å². The first-order chi connectivity index (χ1) is 9.29. The lowest BCUT2D eigenvalue weighted by Gasteiger charge is -2.34. The summed E-state index contributed by atoms with van der Waals surface area (Å²) < 4.78 is 7.16. The molecule has 0 spiro atoms. The molecule has 1 saturated carbocycles. The smallest absolute Gasteiger partial charge is 0.276 e. The van der Waals surface area contributed by atoms with Gasteiger partial charge in [0, 0.05) is 12.5 Å². The van der Waals surface area contributed by atoms with E-state index in [1.807, 2.05) is 13.1 Å². The highest BCUT2D eigenvalue weighted by Gasteiger charge is 2.39. The number of nitrogens with two attached hydrogens (primary N) is 1. The molecule has 0 amide bonds.